The van der Waals surface area contributed by atoms with Gasteiger partial charge in [-0.05, 0) is 25.0 Å². The molecule has 0 aliphatic heterocycles. The molecule has 0 aliphatic rings. The van der Waals surface area contributed by atoms with E-state index < -0.39 is 0 Å². The van der Waals surface area contributed by atoms with Gasteiger partial charge >= 0.3 is 0 Å². The van der Waals surface area contributed by atoms with Gasteiger partial charge in [0, 0.05) is 18.9 Å². The molecule has 0 fully saturated rings. The molecule has 2 aromatic rings. The Labute approximate surface area is 96.1 Å². The van der Waals surface area contributed by atoms with Crippen molar-refractivity contribution in [3.63, 3.8) is 0 Å². The normalized spacial score (nSPS) is 10.4. The van der Waals surface area contributed by atoms with E-state index in [1.54, 1.807) is 0 Å². The van der Waals surface area contributed by atoms with Gasteiger partial charge in [0.05, 0.1) is 6.54 Å². The molecular weight excluding hydrogens is 198 g/mol. The van der Waals surface area contributed by atoms with Crippen molar-refractivity contribution < 1.29 is 0 Å². The van der Waals surface area contributed by atoms with E-state index >= 15 is 0 Å². The van der Waals surface area contributed by atoms with Gasteiger partial charge in [-0.25, -0.2) is 4.98 Å². The minimum absolute atomic E-state index is 0.870. The third-order valence-corrected chi connectivity index (χ3v) is 2.65. The maximum Gasteiger partial charge on any atom is 0.203 e. The molecule has 0 spiro atoms. The summed E-state index contributed by atoms with van der Waals surface area (Å²) in [6.07, 6.45) is 3.83. The molecule has 0 atom stereocenters. The second-order valence-electron chi connectivity index (χ2n) is 3.84. The third-order valence-electron chi connectivity index (χ3n) is 2.65. The molecule has 1 heterocycles. The SMILES string of the molecule is CCNc1nccn1Cc1ccccc1C. The molecule has 1 aromatic heterocycles. The number of hydrogen-bond acceptors (Lipinski definition) is 2. The van der Waals surface area contributed by atoms with Gasteiger partial charge in [0.1, 0.15) is 0 Å². The Hall–Kier alpha value is -1.77. The molecule has 0 saturated carbocycles. The van der Waals surface area contributed by atoms with Crippen LogP contribution in [0.25, 0.3) is 0 Å². The number of aryl methyl sites for hydroxylation is 1. The van der Waals surface area contributed by atoms with Gasteiger partial charge in [-0.1, -0.05) is 24.3 Å². The first-order valence-corrected chi connectivity index (χ1v) is 5.60. The van der Waals surface area contributed by atoms with Gasteiger partial charge in [0.2, 0.25) is 5.95 Å². The minimum Gasteiger partial charge on any atom is -0.356 e. The maximum atomic E-state index is 4.28. The largest absolute Gasteiger partial charge is 0.356 e. The fourth-order valence-corrected chi connectivity index (χ4v) is 1.73. The smallest absolute Gasteiger partial charge is 0.203 e. The highest BCUT2D eigenvalue weighted by Gasteiger charge is 2.03. The van der Waals surface area contributed by atoms with E-state index in [2.05, 4.69) is 53.0 Å². The predicted molar refractivity (Wildman–Crippen MR) is 66.7 cm³/mol. The maximum absolute atomic E-state index is 4.28. The Morgan fingerprint density at radius 3 is 2.88 bits per heavy atom. The lowest BCUT2D eigenvalue weighted by atomic mass is 10.1. The molecule has 84 valence electrons. The summed E-state index contributed by atoms with van der Waals surface area (Å²) in [6.45, 7) is 5.98. The van der Waals surface area contributed by atoms with Gasteiger partial charge in [0.25, 0.3) is 0 Å². The number of rotatable bonds is 4. The van der Waals surface area contributed by atoms with Crippen LogP contribution in [0.2, 0.25) is 0 Å². The van der Waals surface area contributed by atoms with Crippen molar-refractivity contribution in [1.82, 2.24) is 9.55 Å². The van der Waals surface area contributed by atoms with Crippen molar-refractivity contribution in [2.24, 2.45) is 0 Å². The van der Waals surface area contributed by atoms with E-state index in [4.69, 9.17) is 0 Å². The highest BCUT2D eigenvalue weighted by atomic mass is 15.2. The summed E-state index contributed by atoms with van der Waals surface area (Å²) in [4.78, 5) is 4.28. The minimum atomic E-state index is 0.870. The first-order valence-electron chi connectivity index (χ1n) is 5.60. The fourth-order valence-electron chi connectivity index (χ4n) is 1.73. The zero-order valence-electron chi connectivity index (χ0n) is 9.77. The number of nitrogens with one attached hydrogen (secondary N) is 1. The number of benzene rings is 1. The summed E-state index contributed by atoms with van der Waals surface area (Å²) < 4.78 is 2.13. The Bertz CT molecular complexity index is 460. The molecule has 2 rings (SSSR count). The fraction of sp³-hybridized carbons (Fsp3) is 0.308. The Morgan fingerprint density at radius 1 is 1.31 bits per heavy atom. The van der Waals surface area contributed by atoms with Crippen LogP contribution >= 0.6 is 0 Å². The lowest BCUT2D eigenvalue weighted by Gasteiger charge is -2.10. The van der Waals surface area contributed by atoms with E-state index in [-0.39, 0.29) is 0 Å². The Kier molecular flexibility index (Phi) is 3.25. The summed E-state index contributed by atoms with van der Waals surface area (Å²) in [5.41, 5.74) is 2.65. The highest BCUT2D eigenvalue weighted by molar-refractivity contribution is 5.30. The number of imidazole rings is 1. The van der Waals surface area contributed by atoms with Crippen LogP contribution in [0, 0.1) is 6.92 Å². The van der Waals surface area contributed by atoms with Crippen LogP contribution < -0.4 is 5.32 Å². The summed E-state index contributed by atoms with van der Waals surface area (Å²) >= 11 is 0. The van der Waals surface area contributed by atoms with Crippen LogP contribution in [0.3, 0.4) is 0 Å². The third kappa shape index (κ3) is 2.24. The van der Waals surface area contributed by atoms with Crippen LogP contribution in [-0.2, 0) is 6.54 Å². The summed E-state index contributed by atoms with van der Waals surface area (Å²) in [6, 6.07) is 8.44. The van der Waals surface area contributed by atoms with Crippen LogP contribution in [-0.4, -0.2) is 16.1 Å². The monoisotopic (exact) mass is 215 g/mol. The molecule has 3 nitrogen and oxygen atoms in total. The van der Waals surface area contributed by atoms with E-state index in [0.717, 1.165) is 19.0 Å². The first-order chi connectivity index (χ1) is 7.81. The van der Waals surface area contributed by atoms with Crippen LogP contribution in [0.15, 0.2) is 36.7 Å². The number of hydrogen-bond donors (Lipinski definition) is 1. The van der Waals surface area contributed by atoms with E-state index in [1.807, 2.05) is 12.4 Å². The van der Waals surface area contributed by atoms with E-state index in [0.29, 0.717) is 0 Å². The standard InChI is InChI=1S/C13H17N3/c1-3-14-13-15-8-9-16(13)10-12-7-5-4-6-11(12)2/h4-9H,3,10H2,1-2H3,(H,14,15). The predicted octanol–water partition coefficient (Wildman–Crippen LogP) is 2.67. The molecule has 0 saturated heterocycles. The molecule has 0 unspecified atom stereocenters. The van der Waals surface area contributed by atoms with Gasteiger partial charge in [-0.15, -0.1) is 0 Å². The van der Waals surface area contributed by atoms with Gasteiger partial charge < -0.3 is 9.88 Å². The zero-order chi connectivity index (χ0) is 11.4. The van der Waals surface area contributed by atoms with Crippen molar-refractivity contribution in [1.29, 1.82) is 0 Å². The Balaban J connectivity index is 2.20. The van der Waals surface area contributed by atoms with Crippen molar-refractivity contribution in [2.75, 3.05) is 11.9 Å². The molecule has 0 aliphatic carbocycles. The molecule has 0 bridgehead atoms. The molecule has 3 heteroatoms. The molecular formula is C13H17N3. The lowest BCUT2D eigenvalue weighted by molar-refractivity contribution is 0.795. The van der Waals surface area contributed by atoms with Gasteiger partial charge in [-0.2, -0.15) is 0 Å². The first kappa shape index (κ1) is 10.7. The molecule has 0 amide bonds. The second kappa shape index (κ2) is 4.84. The second-order valence-corrected chi connectivity index (χ2v) is 3.84. The molecule has 1 aromatic carbocycles. The Morgan fingerprint density at radius 2 is 2.12 bits per heavy atom. The van der Waals surface area contributed by atoms with E-state index in [1.165, 1.54) is 11.1 Å². The van der Waals surface area contributed by atoms with E-state index in [9.17, 15) is 0 Å². The van der Waals surface area contributed by atoms with Crippen molar-refractivity contribution >= 4 is 5.95 Å². The summed E-state index contributed by atoms with van der Waals surface area (Å²) in [5, 5.41) is 3.25. The van der Waals surface area contributed by atoms with Crippen molar-refractivity contribution in [3.8, 4) is 0 Å². The summed E-state index contributed by atoms with van der Waals surface area (Å²) in [7, 11) is 0. The van der Waals surface area contributed by atoms with Crippen LogP contribution in [0.5, 0.6) is 0 Å². The van der Waals surface area contributed by atoms with Gasteiger partial charge in [0.15, 0.2) is 0 Å². The average molecular weight is 215 g/mol. The van der Waals surface area contributed by atoms with Crippen LogP contribution in [0.1, 0.15) is 18.1 Å². The van der Waals surface area contributed by atoms with Crippen molar-refractivity contribution in [3.05, 3.63) is 47.8 Å². The van der Waals surface area contributed by atoms with Crippen molar-refractivity contribution in [2.45, 2.75) is 20.4 Å². The van der Waals surface area contributed by atoms with Crippen LogP contribution in [0.4, 0.5) is 5.95 Å². The topological polar surface area (TPSA) is 29.9 Å². The molecule has 0 radical (unpaired) electrons. The highest BCUT2D eigenvalue weighted by Crippen LogP contribution is 2.12. The average Bonchev–Trinajstić information content (AvgIpc) is 2.70. The number of aromatic nitrogens is 2. The number of nitrogens with zero attached hydrogens (tertiary/aromatic N) is 2. The van der Waals surface area contributed by atoms with Gasteiger partial charge in [-0.3, -0.25) is 0 Å². The lowest BCUT2D eigenvalue weighted by Crippen LogP contribution is -2.08. The zero-order valence-corrected chi connectivity index (χ0v) is 9.77. The molecule has 16 heavy (non-hydrogen) atoms. The molecule has 1 N–H and O–H groups in total. The number of anilines is 1. The quantitative estimate of drug-likeness (QED) is 0.849. The summed E-state index contributed by atoms with van der Waals surface area (Å²) in [5.74, 6) is 0.936.